The van der Waals surface area contributed by atoms with E-state index >= 15 is 0 Å². The first kappa shape index (κ1) is 25.3. The Balaban J connectivity index is 1.37. The number of halogens is 2. The van der Waals surface area contributed by atoms with Crippen LogP contribution in [0.4, 0.5) is 19.3 Å². The van der Waals surface area contributed by atoms with E-state index in [-0.39, 0.29) is 25.0 Å². The number of carboxylic acid groups (broad SMARTS) is 1. The van der Waals surface area contributed by atoms with Crippen molar-refractivity contribution in [3.05, 3.63) is 23.5 Å². The van der Waals surface area contributed by atoms with Crippen LogP contribution in [0.3, 0.4) is 0 Å². The van der Waals surface area contributed by atoms with Crippen LogP contribution in [-0.4, -0.2) is 73.6 Å². The number of rotatable bonds is 9. The van der Waals surface area contributed by atoms with Crippen molar-refractivity contribution in [1.82, 2.24) is 30.2 Å². The topological polar surface area (TPSA) is 116 Å². The Morgan fingerprint density at radius 2 is 2.03 bits per heavy atom. The summed E-state index contributed by atoms with van der Waals surface area (Å²) in [4.78, 5) is 31.8. The van der Waals surface area contributed by atoms with Crippen LogP contribution < -0.4 is 10.2 Å². The molecule has 0 aromatic carbocycles. The molecule has 2 aliphatic heterocycles. The van der Waals surface area contributed by atoms with E-state index in [1.54, 1.807) is 33.7 Å². The van der Waals surface area contributed by atoms with Gasteiger partial charge in [-0.1, -0.05) is 25.0 Å². The lowest BCUT2D eigenvalue weighted by molar-refractivity contribution is -0.139. The number of amides is 2. The molecule has 2 aromatic rings. The van der Waals surface area contributed by atoms with Gasteiger partial charge in [0.15, 0.2) is 0 Å². The van der Waals surface area contributed by atoms with E-state index in [1.807, 2.05) is 6.92 Å². The minimum absolute atomic E-state index is 0.0997. The number of piperidine rings is 1. The van der Waals surface area contributed by atoms with E-state index in [0.29, 0.717) is 48.2 Å². The van der Waals surface area contributed by atoms with Crippen molar-refractivity contribution in [3.8, 4) is 11.4 Å². The van der Waals surface area contributed by atoms with E-state index < -0.39 is 30.8 Å². The molecule has 2 atom stereocenters. The first-order chi connectivity index (χ1) is 17.6. The molecule has 0 bridgehead atoms. The van der Waals surface area contributed by atoms with Crippen LogP contribution in [0.5, 0.6) is 0 Å². The molecule has 2 aromatic heterocycles. The second-order valence-electron chi connectivity index (χ2n) is 10.6. The number of pyridine rings is 1. The Kier molecular flexibility index (Phi) is 6.76. The maximum atomic E-state index is 14.5. The molecule has 1 aliphatic carbocycles. The summed E-state index contributed by atoms with van der Waals surface area (Å²) in [5.74, 6) is -3.98. The van der Waals surface area contributed by atoms with E-state index in [0.717, 1.165) is 12.1 Å². The molecule has 0 radical (unpaired) electrons. The summed E-state index contributed by atoms with van der Waals surface area (Å²) >= 11 is 0. The molecule has 200 valence electrons. The third-order valence-electron chi connectivity index (χ3n) is 7.47. The van der Waals surface area contributed by atoms with Gasteiger partial charge in [-0.25, -0.2) is 23.2 Å². The van der Waals surface area contributed by atoms with Gasteiger partial charge in [-0.15, -0.1) is 5.10 Å². The third-order valence-corrected chi connectivity index (χ3v) is 7.47. The van der Waals surface area contributed by atoms with Gasteiger partial charge < -0.3 is 20.2 Å². The third kappa shape index (κ3) is 5.67. The molecule has 4 heterocycles. The zero-order valence-electron chi connectivity index (χ0n) is 21.2. The molecule has 2 N–H and O–H groups in total. The van der Waals surface area contributed by atoms with Crippen molar-refractivity contribution in [2.45, 2.75) is 64.0 Å². The fraction of sp³-hybridized carbons (Fsp3) is 0.640. The van der Waals surface area contributed by atoms with Crippen LogP contribution in [0.15, 0.2) is 12.1 Å². The molecular formula is C25H33F2N7O3. The number of aromatic nitrogens is 4. The molecule has 0 spiro atoms. The summed E-state index contributed by atoms with van der Waals surface area (Å²) in [5.41, 5.74) is 3.06. The van der Waals surface area contributed by atoms with Crippen LogP contribution >= 0.6 is 0 Å². The molecule has 3 fully saturated rings. The second kappa shape index (κ2) is 9.86. The summed E-state index contributed by atoms with van der Waals surface area (Å²) in [6.07, 6.45) is 3.25. The lowest BCUT2D eigenvalue weighted by atomic mass is 9.91. The molecule has 2 amide bonds. The van der Waals surface area contributed by atoms with Crippen LogP contribution in [-0.2, 0) is 24.8 Å². The van der Waals surface area contributed by atoms with Crippen LogP contribution in [0.2, 0.25) is 0 Å². The van der Waals surface area contributed by atoms with Gasteiger partial charge in [-0.2, -0.15) is 0 Å². The smallest absolute Gasteiger partial charge is 0.318 e. The standard InChI is InChI=1S/C25H33F2N7O3/c1-3-18-20(34-11-16(9-22(35)36)10-25(26,27)14-34)7-6-19(29-18)23-21(32(2)31-30-23)13-33-12-17(28-24(33)37)8-15-4-5-15/h6-7,15-17H,3-5,8-14H2,1-2H3,(H,28,37)(H,35,36). The Morgan fingerprint density at radius 1 is 1.24 bits per heavy atom. The van der Waals surface area contributed by atoms with Gasteiger partial charge in [-0.3, -0.25) is 4.79 Å². The van der Waals surface area contributed by atoms with Crippen molar-refractivity contribution in [1.29, 1.82) is 0 Å². The van der Waals surface area contributed by atoms with E-state index in [9.17, 15) is 18.4 Å². The Morgan fingerprint density at radius 3 is 2.73 bits per heavy atom. The molecule has 37 heavy (non-hydrogen) atoms. The predicted octanol–water partition coefficient (Wildman–Crippen LogP) is 3.07. The fourth-order valence-electron chi connectivity index (χ4n) is 5.57. The van der Waals surface area contributed by atoms with Gasteiger partial charge in [0.1, 0.15) is 5.69 Å². The van der Waals surface area contributed by atoms with Gasteiger partial charge in [-0.05, 0) is 36.8 Å². The van der Waals surface area contributed by atoms with Gasteiger partial charge in [0, 0.05) is 32.6 Å². The highest BCUT2D eigenvalue weighted by molar-refractivity contribution is 5.77. The maximum absolute atomic E-state index is 14.5. The molecular weight excluding hydrogens is 484 g/mol. The Hall–Kier alpha value is -3.31. The van der Waals surface area contributed by atoms with Crippen molar-refractivity contribution in [2.24, 2.45) is 18.9 Å². The molecule has 3 aliphatic rings. The fourth-order valence-corrected chi connectivity index (χ4v) is 5.57. The van der Waals surface area contributed by atoms with E-state index in [1.165, 1.54) is 12.8 Å². The molecule has 10 nitrogen and oxygen atoms in total. The summed E-state index contributed by atoms with van der Waals surface area (Å²) in [5, 5.41) is 20.7. The number of aryl methyl sites for hydroxylation is 2. The quantitative estimate of drug-likeness (QED) is 0.525. The maximum Gasteiger partial charge on any atom is 0.318 e. The zero-order chi connectivity index (χ0) is 26.3. The lowest BCUT2D eigenvalue weighted by Gasteiger charge is -2.39. The highest BCUT2D eigenvalue weighted by Gasteiger charge is 2.41. The van der Waals surface area contributed by atoms with E-state index in [4.69, 9.17) is 10.1 Å². The highest BCUT2D eigenvalue weighted by atomic mass is 19.3. The second-order valence-corrected chi connectivity index (χ2v) is 10.6. The van der Waals surface area contributed by atoms with Gasteiger partial charge in [0.05, 0.1) is 42.3 Å². The SMILES string of the molecule is CCc1nc(-c2nnn(C)c2CN2CC(CC3CC3)NC2=O)ccc1N1CC(CC(=O)O)CC(F)(F)C1. The summed E-state index contributed by atoms with van der Waals surface area (Å²) in [6, 6.07) is 3.55. The van der Waals surface area contributed by atoms with Gasteiger partial charge in [0.25, 0.3) is 5.92 Å². The molecule has 12 heteroatoms. The number of hydrogen-bond acceptors (Lipinski definition) is 6. The average molecular weight is 518 g/mol. The Labute approximate surface area is 214 Å². The number of anilines is 1. The molecule has 2 saturated heterocycles. The lowest BCUT2D eigenvalue weighted by Crippen LogP contribution is -2.48. The number of nitrogens with zero attached hydrogens (tertiary/aromatic N) is 6. The van der Waals surface area contributed by atoms with Crippen molar-refractivity contribution < 1.29 is 23.5 Å². The number of hydrogen-bond donors (Lipinski definition) is 2. The number of carboxylic acids is 1. The average Bonchev–Trinajstić information content (AvgIpc) is 3.47. The van der Waals surface area contributed by atoms with Gasteiger partial charge >= 0.3 is 12.0 Å². The van der Waals surface area contributed by atoms with Crippen molar-refractivity contribution in [2.75, 3.05) is 24.5 Å². The molecule has 5 rings (SSSR count). The first-order valence-corrected chi connectivity index (χ1v) is 12.9. The minimum Gasteiger partial charge on any atom is -0.481 e. The summed E-state index contributed by atoms with van der Waals surface area (Å²) in [6.45, 7) is 2.63. The zero-order valence-corrected chi connectivity index (χ0v) is 21.2. The number of alkyl halides is 2. The first-order valence-electron chi connectivity index (χ1n) is 12.9. The molecule has 2 unspecified atom stereocenters. The van der Waals surface area contributed by atoms with Crippen molar-refractivity contribution in [3.63, 3.8) is 0 Å². The number of aliphatic carboxylic acids is 1. The normalized spacial score (nSPS) is 23.4. The highest BCUT2D eigenvalue weighted by Crippen LogP contribution is 2.37. The van der Waals surface area contributed by atoms with E-state index in [2.05, 4.69) is 15.6 Å². The number of urea groups is 1. The Bertz CT molecular complexity index is 1180. The number of nitrogens with one attached hydrogen (secondary N) is 1. The van der Waals surface area contributed by atoms with Crippen LogP contribution in [0, 0.1) is 11.8 Å². The largest absolute Gasteiger partial charge is 0.481 e. The summed E-state index contributed by atoms with van der Waals surface area (Å²) in [7, 11) is 1.77. The monoisotopic (exact) mass is 517 g/mol. The van der Waals surface area contributed by atoms with Crippen molar-refractivity contribution >= 4 is 17.7 Å². The van der Waals surface area contributed by atoms with Crippen LogP contribution in [0.1, 0.15) is 50.4 Å². The molecule has 1 saturated carbocycles. The number of carbonyl (C=O) groups is 2. The summed E-state index contributed by atoms with van der Waals surface area (Å²) < 4.78 is 30.6. The van der Waals surface area contributed by atoms with Crippen LogP contribution in [0.25, 0.3) is 11.4 Å². The predicted molar refractivity (Wildman–Crippen MR) is 131 cm³/mol. The minimum atomic E-state index is -2.98. The van der Waals surface area contributed by atoms with Gasteiger partial charge in [0.2, 0.25) is 0 Å². The number of carbonyl (C=O) groups excluding carboxylic acids is 1.